The van der Waals surface area contributed by atoms with Crippen molar-refractivity contribution in [2.24, 2.45) is 0 Å². The molecule has 0 radical (unpaired) electrons. The standard InChI is InChI=1S/C12H7Cl6N3.C4H9Cl2N/c1-6-4-2-3-5-7(6)8-19-9(11(13,14)15)21-10(20-8)12(16,17)18;1-3(5)7-4(2)6/h2-5H,1H3;3-4,7H,1-2H3. The molecule has 1 aromatic carbocycles. The molecule has 2 aromatic rings. The molecule has 1 heterocycles. The number of rotatable bonds is 3. The third-order valence-corrected chi connectivity index (χ3v) is 4.25. The average Bonchev–Trinajstić information content (AvgIpc) is 2.52. The fourth-order valence-corrected chi connectivity index (χ4v) is 2.84. The molecule has 4 nitrogen and oxygen atoms in total. The molecule has 0 aliphatic rings. The molecule has 2 atom stereocenters. The predicted octanol–water partition coefficient (Wildman–Crippen LogP) is 7.25. The first-order valence-corrected chi connectivity index (χ1v) is 10.9. The average molecular weight is 548 g/mol. The highest BCUT2D eigenvalue weighted by molar-refractivity contribution is 6.67. The van der Waals surface area contributed by atoms with Gasteiger partial charge in [0.25, 0.3) is 0 Å². The smallest absolute Gasteiger partial charge is 0.250 e. The lowest BCUT2D eigenvalue weighted by atomic mass is 10.1. The van der Waals surface area contributed by atoms with E-state index in [1.54, 1.807) is 0 Å². The van der Waals surface area contributed by atoms with Gasteiger partial charge in [0.15, 0.2) is 17.5 Å². The highest BCUT2D eigenvalue weighted by Gasteiger charge is 2.34. The number of nitrogens with one attached hydrogen (secondary N) is 1. The Hall–Kier alpha value is 0.510. The zero-order valence-corrected chi connectivity index (χ0v) is 20.9. The summed E-state index contributed by atoms with van der Waals surface area (Å²) in [5, 5.41) is 2.84. The summed E-state index contributed by atoms with van der Waals surface area (Å²) in [6, 6.07) is 7.42. The summed E-state index contributed by atoms with van der Waals surface area (Å²) in [4.78, 5) is 12.2. The van der Waals surface area contributed by atoms with Crippen LogP contribution >= 0.6 is 92.8 Å². The summed E-state index contributed by atoms with van der Waals surface area (Å²) < 4.78 is -3.71. The van der Waals surface area contributed by atoms with Crippen LogP contribution in [0.15, 0.2) is 24.3 Å². The van der Waals surface area contributed by atoms with Crippen LogP contribution in [0.3, 0.4) is 0 Å². The van der Waals surface area contributed by atoms with Gasteiger partial charge >= 0.3 is 0 Å². The van der Waals surface area contributed by atoms with Crippen LogP contribution in [-0.2, 0) is 7.59 Å². The van der Waals surface area contributed by atoms with Crippen molar-refractivity contribution in [1.29, 1.82) is 0 Å². The maximum absolute atomic E-state index is 5.83. The van der Waals surface area contributed by atoms with Crippen LogP contribution in [0.1, 0.15) is 31.1 Å². The first-order chi connectivity index (χ1) is 12.7. The summed E-state index contributed by atoms with van der Waals surface area (Å²) in [5.41, 5.74) is 1.58. The van der Waals surface area contributed by atoms with Crippen LogP contribution in [0.4, 0.5) is 0 Å². The molecule has 156 valence electrons. The summed E-state index contributed by atoms with van der Waals surface area (Å²) in [7, 11) is 0. The first-order valence-electron chi connectivity index (χ1n) is 7.72. The number of alkyl halides is 8. The second-order valence-electron chi connectivity index (χ2n) is 5.52. The van der Waals surface area contributed by atoms with Gasteiger partial charge in [0.05, 0.1) is 11.0 Å². The lowest BCUT2D eigenvalue weighted by Gasteiger charge is -2.16. The van der Waals surface area contributed by atoms with E-state index < -0.39 is 7.59 Å². The van der Waals surface area contributed by atoms with Crippen molar-refractivity contribution in [3.05, 3.63) is 41.5 Å². The van der Waals surface area contributed by atoms with Gasteiger partial charge in [-0.25, -0.2) is 15.0 Å². The fraction of sp³-hybridized carbons (Fsp3) is 0.438. The molecule has 1 N–H and O–H groups in total. The van der Waals surface area contributed by atoms with Crippen LogP contribution in [-0.4, -0.2) is 26.0 Å². The van der Waals surface area contributed by atoms with E-state index in [0.29, 0.717) is 0 Å². The minimum Gasteiger partial charge on any atom is -0.286 e. The van der Waals surface area contributed by atoms with Gasteiger partial charge < -0.3 is 0 Å². The molecule has 1 aromatic heterocycles. The topological polar surface area (TPSA) is 50.7 Å². The zero-order chi connectivity index (χ0) is 21.7. The molecule has 0 saturated heterocycles. The van der Waals surface area contributed by atoms with Gasteiger partial charge in [-0.05, 0) is 26.3 Å². The Bertz CT molecular complexity index is 734. The van der Waals surface area contributed by atoms with Gasteiger partial charge in [0, 0.05) is 5.56 Å². The second-order valence-corrected chi connectivity index (χ2v) is 11.4. The molecule has 0 aliphatic carbocycles. The summed E-state index contributed by atoms with van der Waals surface area (Å²) in [6.07, 6.45) is 0. The number of nitrogens with zero attached hydrogens (tertiary/aromatic N) is 3. The number of aromatic nitrogens is 3. The zero-order valence-electron chi connectivity index (χ0n) is 14.8. The monoisotopic (exact) mass is 544 g/mol. The Kier molecular flexibility index (Phi) is 10.6. The Labute approximate surface area is 204 Å². The van der Waals surface area contributed by atoms with Crippen LogP contribution in [0.2, 0.25) is 0 Å². The van der Waals surface area contributed by atoms with Crippen LogP contribution < -0.4 is 5.32 Å². The van der Waals surface area contributed by atoms with E-state index in [-0.39, 0.29) is 28.5 Å². The SMILES string of the molecule is CC(Cl)NC(C)Cl.Cc1ccccc1-c1nc(C(Cl)(Cl)Cl)nc(C(Cl)(Cl)Cl)n1. The first kappa shape index (κ1) is 26.5. The largest absolute Gasteiger partial charge is 0.286 e. The lowest BCUT2D eigenvalue weighted by molar-refractivity contribution is 0.667. The summed E-state index contributed by atoms with van der Waals surface area (Å²) in [5.74, 6) is 0.0508. The Morgan fingerprint density at radius 1 is 0.786 bits per heavy atom. The molecular weight excluding hydrogens is 532 g/mol. The molecule has 0 fully saturated rings. The predicted molar refractivity (Wildman–Crippen MR) is 122 cm³/mol. The molecule has 0 bridgehead atoms. The number of hydrogen-bond acceptors (Lipinski definition) is 4. The van der Waals surface area contributed by atoms with Gasteiger partial charge in [0.1, 0.15) is 0 Å². The van der Waals surface area contributed by atoms with Crippen LogP contribution in [0.25, 0.3) is 11.4 Å². The Morgan fingerprint density at radius 3 is 1.54 bits per heavy atom. The molecule has 0 aliphatic heterocycles. The van der Waals surface area contributed by atoms with Crippen molar-refractivity contribution in [2.75, 3.05) is 0 Å². The highest BCUT2D eigenvalue weighted by atomic mass is 35.6. The highest BCUT2D eigenvalue weighted by Crippen LogP contribution is 2.40. The third kappa shape index (κ3) is 9.11. The third-order valence-electron chi connectivity index (χ3n) is 2.99. The van der Waals surface area contributed by atoms with Crippen molar-refractivity contribution >= 4 is 92.8 Å². The number of hydrogen-bond donors (Lipinski definition) is 1. The molecule has 0 saturated carbocycles. The van der Waals surface area contributed by atoms with Gasteiger partial charge in [-0.15, -0.1) is 23.2 Å². The maximum atomic E-state index is 5.83. The van der Waals surface area contributed by atoms with Crippen molar-refractivity contribution in [3.8, 4) is 11.4 Å². The second kappa shape index (κ2) is 11.2. The van der Waals surface area contributed by atoms with Gasteiger partial charge in [-0.1, -0.05) is 93.9 Å². The van der Waals surface area contributed by atoms with E-state index in [9.17, 15) is 0 Å². The van der Waals surface area contributed by atoms with Crippen molar-refractivity contribution in [1.82, 2.24) is 20.3 Å². The lowest BCUT2D eigenvalue weighted by Crippen LogP contribution is -2.25. The van der Waals surface area contributed by atoms with E-state index in [1.807, 2.05) is 45.0 Å². The molecule has 28 heavy (non-hydrogen) atoms. The van der Waals surface area contributed by atoms with E-state index >= 15 is 0 Å². The van der Waals surface area contributed by atoms with E-state index in [1.165, 1.54) is 0 Å². The number of benzene rings is 1. The molecule has 12 heteroatoms. The van der Waals surface area contributed by atoms with Crippen molar-refractivity contribution in [3.63, 3.8) is 0 Å². The van der Waals surface area contributed by atoms with E-state index in [2.05, 4.69) is 20.3 Å². The maximum Gasteiger partial charge on any atom is 0.250 e. The molecule has 2 unspecified atom stereocenters. The normalized spacial score (nSPS) is 14.1. The van der Waals surface area contributed by atoms with Crippen LogP contribution in [0.5, 0.6) is 0 Å². The van der Waals surface area contributed by atoms with E-state index in [0.717, 1.165) is 11.1 Å². The number of aryl methyl sites for hydroxylation is 1. The fourth-order valence-electron chi connectivity index (χ4n) is 1.89. The molecule has 2 rings (SSSR count). The summed E-state index contributed by atoms with van der Waals surface area (Å²) in [6.45, 7) is 5.56. The minimum absolute atomic E-state index is 0.0347. The Balaban J connectivity index is 0.000000480. The quantitative estimate of drug-likeness (QED) is 0.325. The minimum atomic E-state index is -1.86. The van der Waals surface area contributed by atoms with E-state index in [4.69, 9.17) is 92.8 Å². The molecule has 0 spiro atoms. The van der Waals surface area contributed by atoms with Crippen LogP contribution in [0, 0.1) is 6.92 Å². The molecular formula is C16H16Cl8N4. The molecule has 0 amide bonds. The Morgan fingerprint density at radius 2 is 1.21 bits per heavy atom. The van der Waals surface area contributed by atoms with Gasteiger partial charge in [0.2, 0.25) is 7.59 Å². The van der Waals surface area contributed by atoms with Crippen molar-refractivity contribution < 1.29 is 0 Å². The number of halogens is 8. The van der Waals surface area contributed by atoms with Gasteiger partial charge in [-0.2, -0.15) is 0 Å². The summed E-state index contributed by atoms with van der Waals surface area (Å²) >= 11 is 45.9. The van der Waals surface area contributed by atoms with Gasteiger partial charge in [-0.3, -0.25) is 5.32 Å². The van der Waals surface area contributed by atoms with Crippen molar-refractivity contribution in [2.45, 2.75) is 39.4 Å².